The molecule has 170 valence electrons. The molecule has 0 unspecified atom stereocenters. The molecule has 6 heteroatoms. The number of ether oxygens (including phenoxy) is 6. The minimum atomic E-state index is 0.154. The fourth-order valence-corrected chi connectivity index (χ4v) is 5.83. The van der Waals surface area contributed by atoms with Crippen LogP contribution in [0, 0.1) is 22.7 Å². The quantitative estimate of drug-likeness (QED) is 0.606. The lowest BCUT2D eigenvalue weighted by Crippen LogP contribution is -2.56. The Morgan fingerprint density at radius 3 is 1.14 bits per heavy atom. The Morgan fingerprint density at radius 1 is 0.483 bits per heavy atom. The molecule has 0 amide bonds. The summed E-state index contributed by atoms with van der Waals surface area (Å²) in [5.41, 5.74) is 0.308. The summed E-state index contributed by atoms with van der Waals surface area (Å²) in [4.78, 5) is 0. The SMILES string of the molecule is CC1(C)C[C@H]2C[C@@H]3CC(C)(C)[C@H]2OCCOCCOCCOCCOCCO[C@@H]31. The third-order valence-electron chi connectivity index (χ3n) is 6.75. The zero-order valence-electron chi connectivity index (χ0n) is 19.0. The van der Waals surface area contributed by atoms with Gasteiger partial charge in [-0.25, -0.2) is 0 Å². The van der Waals surface area contributed by atoms with Crippen molar-refractivity contribution in [2.45, 2.75) is 59.2 Å². The fourth-order valence-electron chi connectivity index (χ4n) is 5.83. The van der Waals surface area contributed by atoms with E-state index in [2.05, 4.69) is 27.7 Å². The highest BCUT2D eigenvalue weighted by molar-refractivity contribution is 5.03. The number of hydrogen-bond donors (Lipinski definition) is 0. The summed E-state index contributed by atoms with van der Waals surface area (Å²) >= 11 is 0. The summed E-state index contributed by atoms with van der Waals surface area (Å²) in [6.45, 7) is 15.5. The smallest absolute Gasteiger partial charge is 0.0704 e. The molecule has 2 saturated carbocycles. The van der Waals surface area contributed by atoms with Crippen molar-refractivity contribution in [3.8, 4) is 0 Å². The van der Waals surface area contributed by atoms with E-state index >= 15 is 0 Å². The van der Waals surface area contributed by atoms with Crippen molar-refractivity contribution in [2.75, 3.05) is 66.1 Å². The lowest BCUT2D eigenvalue weighted by atomic mass is 9.53. The van der Waals surface area contributed by atoms with Gasteiger partial charge in [-0.05, 0) is 41.9 Å². The maximum absolute atomic E-state index is 6.42. The summed E-state index contributed by atoms with van der Waals surface area (Å²) < 4.78 is 35.3. The molecule has 0 N–H and O–H groups in total. The van der Waals surface area contributed by atoms with Gasteiger partial charge in [-0.3, -0.25) is 0 Å². The van der Waals surface area contributed by atoms with Crippen molar-refractivity contribution in [1.29, 1.82) is 0 Å². The van der Waals surface area contributed by atoms with Crippen LogP contribution >= 0.6 is 0 Å². The predicted molar refractivity (Wildman–Crippen MR) is 111 cm³/mol. The summed E-state index contributed by atoms with van der Waals surface area (Å²) in [5, 5.41) is 0. The van der Waals surface area contributed by atoms with Crippen LogP contribution in [0.5, 0.6) is 0 Å². The number of hydrogen-bond acceptors (Lipinski definition) is 6. The van der Waals surface area contributed by atoms with Crippen LogP contribution in [0.3, 0.4) is 0 Å². The highest BCUT2D eigenvalue weighted by Crippen LogP contribution is 2.55. The van der Waals surface area contributed by atoms with Gasteiger partial charge in [-0.15, -0.1) is 0 Å². The van der Waals surface area contributed by atoms with E-state index in [1.165, 1.54) is 6.42 Å². The molecular weight excluding hydrogens is 372 g/mol. The second-order valence-corrected chi connectivity index (χ2v) is 10.2. The van der Waals surface area contributed by atoms with Crippen LogP contribution in [0.25, 0.3) is 0 Å². The van der Waals surface area contributed by atoms with E-state index in [9.17, 15) is 0 Å². The molecular formula is C23H42O6. The van der Waals surface area contributed by atoms with E-state index < -0.39 is 0 Å². The predicted octanol–water partition coefficient (Wildman–Crippen LogP) is 3.32. The first kappa shape index (κ1) is 23.4. The molecule has 4 atom stereocenters. The Balaban J connectivity index is 1.61. The summed E-state index contributed by atoms with van der Waals surface area (Å²) in [7, 11) is 0. The molecule has 2 aliphatic carbocycles. The van der Waals surface area contributed by atoms with Crippen molar-refractivity contribution >= 4 is 0 Å². The normalized spacial score (nSPS) is 37.7. The molecule has 3 fully saturated rings. The molecule has 0 spiro atoms. The van der Waals surface area contributed by atoms with E-state index in [1.54, 1.807) is 0 Å². The Morgan fingerprint density at radius 2 is 0.793 bits per heavy atom. The van der Waals surface area contributed by atoms with E-state index in [0.717, 1.165) is 12.8 Å². The molecule has 1 heterocycles. The fraction of sp³-hybridized carbons (Fsp3) is 1.00. The van der Waals surface area contributed by atoms with E-state index in [4.69, 9.17) is 28.4 Å². The zero-order valence-corrected chi connectivity index (χ0v) is 19.0. The second-order valence-electron chi connectivity index (χ2n) is 10.2. The Bertz CT molecular complexity index is 438. The Hall–Kier alpha value is -0.240. The Kier molecular flexibility index (Phi) is 8.78. The summed E-state index contributed by atoms with van der Waals surface area (Å²) in [6.07, 6.45) is 4.06. The summed E-state index contributed by atoms with van der Waals surface area (Å²) in [6, 6.07) is 0. The highest BCUT2D eigenvalue weighted by atomic mass is 16.6. The van der Waals surface area contributed by atoms with Crippen LogP contribution in [-0.2, 0) is 28.4 Å². The number of rotatable bonds is 0. The van der Waals surface area contributed by atoms with Gasteiger partial charge in [0.2, 0.25) is 0 Å². The van der Waals surface area contributed by atoms with Crippen molar-refractivity contribution in [3.05, 3.63) is 0 Å². The molecule has 3 bridgehead atoms. The second kappa shape index (κ2) is 10.9. The van der Waals surface area contributed by atoms with Crippen LogP contribution < -0.4 is 0 Å². The maximum Gasteiger partial charge on any atom is 0.0704 e. The van der Waals surface area contributed by atoms with Gasteiger partial charge in [0.1, 0.15) is 0 Å². The first-order valence-electron chi connectivity index (χ1n) is 11.4. The molecule has 6 nitrogen and oxygen atoms in total. The minimum Gasteiger partial charge on any atom is -0.377 e. The van der Waals surface area contributed by atoms with Gasteiger partial charge in [0.15, 0.2) is 0 Å². The van der Waals surface area contributed by atoms with Gasteiger partial charge in [0.05, 0.1) is 78.3 Å². The van der Waals surface area contributed by atoms with Crippen LogP contribution in [0.4, 0.5) is 0 Å². The van der Waals surface area contributed by atoms with Crippen LogP contribution in [-0.4, -0.2) is 78.3 Å². The molecule has 29 heavy (non-hydrogen) atoms. The Labute approximate surface area is 176 Å². The molecule has 0 radical (unpaired) electrons. The van der Waals surface area contributed by atoms with Crippen molar-refractivity contribution in [1.82, 2.24) is 0 Å². The van der Waals surface area contributed by atoms with Crippen LogP contribution in [0.2, 0.25) is 0 Å². The minimum absolute atomic E-state index is 0.154. The molecule has 3 rings (SSSR count). The largest absolute Gasteiger partial charge is 0.377 e. The van der Waals surface area contributed by atoms with Gasteiger partial charge in [-0.2, -0.15) is 0 Å². The molecule has 1 aliphatic heterocycles. The average Bonchev–Trinajstić information content (AvgIpc) is 2.63. The van der Waals surface area contributed by atoms with Crippen LogP contribution in [0.1, 0.15) is 47.0 Å². The standard InChI is InChI=1S/C23H42O6/c1-22(2)16-18-15-19-17-23(3,4)21(18)29-14-12-27-10-8-25-6-5-24-7-9-26-11-13-28-20(19)22/h18-21H,5-17H2,1-4H3/t18-,19-,20+,21+/m1/s1. The van der Waals surface area contributed by atoms with Crippen molar-refractivity contribution < 1.29 is 28.4 Å². The van der Waals surface area contributed by atoms with Crippen molar-refractivity contribution in [3.63, 3.8) is 0 Å². The van der Waals surface area contributed by atoms with Gasteiger partial charge in [0, 0.05) is 0 Å². The average molecular weight is 415 g/mol. The van der Waals surface area contributed by atoms with E-state index in [0.29, 0.717) is 77.9 Å². The monoisotopic (exact) mass is 414 g/mol. The van der Waals surface area contributed by atoms with Gasteiger partial charge in [-0.1, -0.05) is 27.7 Å². The van der Waals surface area contributed by atoms with Gasteiger partial charge < -0.3 is 28.4 Å². The van der Waals surface area contributed by atoms with Gasteiger partial charge >= 0.3 is 0 Å². The molecule has 3 aliphatic rings. The first-order chi connectivity index (χ1) is 13.9. The number of fused-ring (bicyclic) bond motifs is 4. The van der Waals surface area contributed by atoms with Gasteiger partial charge in [0.25, 0.3) is 0 Å². The topological polar surface area (TPSA) is 55.4 Å². The molecule has 0 aromatic carbocycles. The van der Waals surface area contributed by atoms with Crippen molar-refractivity contribution in [2.24, 2.45) is 22.7 Å². The molecule has 1 saturated heterocycles. The third kappa shape index (κ3) is 6.62. The molecule has 0 aromatic rings. The molecule has 0 aromatic heterocycles. The highest BCUT2D eigenvalue weighted by Gasteiger charge is 2.54. The van der Waals surface area contributed by atoms with Crippen LogP contribution in [0.15, 0.2) is 0 Å². The lowest BCUT2D eigenvalue weighted by molar-refractivity contribution is -0.190. The summed E-state index contributed by atoms with van der Waals surface area (Å²) in [5.74, 6) is 1.17. The first-order valence-corrected chi connectivity index (χ1v) is 11.4. The van der Waals surface area contributed by atoms with E-state index in [-0.39, 0.29) is 23.0 Å². The zero-order chi connectivity index (χ0) is 20.7. The third-order valence-corrected chi connectivity index (χ3v) is 6.75. The van der Waals surface area contributed by atoms with E-state index in [1.807, 2.05) is 0 Å². The maximum atomic E-state index is 6.42. The lowest BCUT2D eigenvalue weighted by Gasteiger charge is -2.57.